The molecule has 0 aliphatic heterocycles. The number of aliphatic imine (C=N–C) groups is 1. The third kappa shape index (κ3) is 5.63. The molecule has 1 aromatic carbocycles. The van der Waals surface area contributed by atoms with Gasteiger partial charge in [0.1, 0.15) is 11.5 Å². The molecule has 1 fully saturated rings. The number of rotatable bonds is 6. The van der Waals surface area contributed by atoms with E-state index in [0.717, 1.165) is 37.0 Å². The molecule has 25 heavy (non-hydrogen) atoms. The van der Waals surface area contributed by atoms with Crippen molar-refractivity contribution in [2.45, 2.75) is 50.4 Å². The number of ether oxygens (including phenoxy) is 1. The molecule has 0 heterocycles. The van der Waals surface area contributed by atoms with Crippen LogP contribution in [0.25, 0.3) is 0 Å². The second kappa shape index (κ2) is 9.65. The van der Waals surface area contributed by atoms with Crippen LogP contribution in [-0.4, -0.2) is 46.5 Å². The van der Waals surface area contributed by atoms with E-state index in [2.05, 4.69) is 15.6 Å². The van der Waals surface area contributed by atoms with E-state index >= 15 is 0 Å². The molecule has 6 nitrogen and oxygen atoms in total. The van der Waals surface area contributed by atoms with Crippen molar-refractivity contribution in [1.82, 2.24) is 10.6 Å². The number of hydrogen-bond donors (Lipinski definition) is 3. The Labute approximate surface area is 152 Å². The molecular formula is C18H29N3O3S. The Morgan fingerprint density at radius 3 is 2.92 bits per heavy atom. The SMILES string of the molecule is CCS(=O)C1CCCC(NC(=NC)NCc2cc(OC)ccc2O)C1. The molecule has 140 valence electrons. The van der Waals surface area contributed by atoms with Crippen LogP contribution in [0.5, 0.6) is 11.5 Å². The summed E-state index contributed by atoms with van der Waals surface area (Å²) in [5, 5.41) is 16.9. The van der Waals surface area contributed by atoms with Gasteiger partial charge >= 0.3 is 0 Å². The minimum atomic E-state index is -0.738. The lowest BCUT2D eigenvalue weighted by Gasteiger charge is -2.30. The quantitative estimate of drug-likeness (QED) is 0.530. The van der Waals surface area contributed by atoms with Crippen molar-refractivity contribution >= 4 is 16.8 Å². The van der Waals surface area contributed by atoms with Crippen LogP contribution in [0, 0.1) is 0 Å². The molecule has 0 bridgehead atoms. The van der Waals surface area contributed by atoms with E-state index in [-0.39, 0.29) is 17.0 Å². The fourth-order valence-corrected chi connectivity index (χ4v) is 4.50. The molecule has 3 atom stereocenters. The van der Waals surface area contributed by atoms with Gasteiger partial charge in [-0.05, 0) is 37.5 Å². The number of phenols is 1. The van der Waals surface area contributed by atoms with E-state index < -0.39 is 10.8 Å². The van der Waals surface area contributed by atoms with Crippen molar-refractivity contribution in [3.05, 3.63) is 23.8 Å². The van der Waals surface area contributed by atoms with Crippen molar-refractivity contribution < 1.29 is 14.1 Å². The smallest absolute Gasteiger partial charge is 0.191 e. The highest BCUT2D eigenvalue weighted by atomic mass is 32.2. The van der Waals surface area contributed by atoms with Crippen LogP contribution in [0.15, 0.2) is 23.2 Å². The predicted molar refractivity (Wildman–Crippen MR) is 103 cm³/mol. The van der Waals surface area contributed by atoms with E-state index in [0.29, 0.717) is 18.3 Å². The van der Waals surface area contributed by atoms with Crippen LogP contribution in [0.4, 0.5) is 0 Å². The van der Waals surface area contributed by atoms with E-state index in [1.807, 2.05) is 6.92 Å². The Morgan fingerprint density at radius 1 is 1.44 bits per heavy atom. The van der Waals surface area contributed by atoms with Crippen LogP contribution >= 0.6 is 0 Å². The Bertz CT molecular complexity index is 622. The first-order chi connectivity index (χ1) is 12.1. The predicted octanol–water partition coefficient (Wildman–Crippen LogP) is 2.15. The maximum absolute atomic E-state index is 12.1. The van der Waals surface area contributed by atoms with Crippen LogP contribution < -0.4 is 15.4 Å². The van der Waals surface area contributed by atoms with Crippen LogP contribution in [0.2, 0.25) is 0 Å². The highest BCUT2D eigenvalue weighted by Gasteiger charge is 2.26. The fourth-order valence-electron chi connectivity index (χ4n) is 3.15. The summed E-state index contributed by atoms with van der Waals surface area (Å²) >= 11 is 0. The highest BCUT2D eigenvalue weighted by Crippen LogP contribution is 2.24. The first-order valence-electron chi connectivity index (χ1n) is 8.77. The fraction of sp³-hybridized carbons (Fsp3) is 0.611. The Hall–Kier alpha value is -1.76. The summed E-state index contributed by atoms with van der Waals surface area (Å²) < 4.78 is 17.3. The molecule has 0 aromatic heterocycles. The lowest BCUT2D eigenvalue weighted by atomic mass is 9.95. The second-order valence-corrected chi connectivity index (χ2v) is 8.23. The molecule has 1 aromatic rings. The standard InChI is InChI=1S/C18H29N3O3S/c1-4-25(23)16-7-5-6-14(11-16)21-18(19-2)20-12-13-10-15(24-3)8-9-17(13)22/h8-10,14,16,22H,4-7,11-12H2,1-3H3,(H2,19,20,21). The molecule has 3 N–H and O–H groups in total. The van der Waals surface area contributed by atoms with Crippen molar-refractivity contribution in [1.29, 1.82) is 0 Å². The average molecular weight is 368 g/mol. The minimum absolute atomic E-state index is 0.222. The van der Waals surface area contributed by atoms with Crippen molar-refractivity contribution in [2.75, 3.05) is 19.9 Å². The number of methoxy groups -OCH3 is 1. The molecule has 7 heteroatoms. The van der Waals surface area contributed by atoms with Gasteiger partial charge in [-0.3, -0.25) is 9.20 Å². The van der Waals surface area contributed by atoms with Crippen molar-refractivity contribution in [3.8, 4) is 11.5 Å². The zero-order valence-electron chi connectivity index (χ0n) is 15.2. The molecular weight excluding hydrogens is 338 g/mol. The average Bonchev–Trinajstić information content (AvgIpc) is 2.65. The summed E-state index contributed by atoms with van der Waals surface area (Å²) in [4.78, 5) is 4.27. The normalized spacial score (nSPS) is 22.3. The molecule has 2 rings (SSSR count). The third-order valence-electron chi connectivity index (χ3n) is 4.58. The zero-order valence-corrected chi connectivity index (χ0v) is 16.1. The van der Waals surface area contributed by atoms with Crippen LogP contribution in [0.1, 0.15) is 38.2 Å². The van der Waals surface area contributed by atoms with Gasteiger partial charge in [0, 0.05) is 47.0 Å². The zero-order chi connectivity index (χ0) is 18.2. The van der Waals surface area contributed by atoms with E-state index in [4.69, 9.17) is 4.74 Å². The van der Waals surface area contributed by atoms with Gasteiger partial charge in [0.25, 0.3) is 0 Å². The van der Waals surface area contributed by atoms with Crippen LogP contribution in [-0.2, 0) is 17.3 Å². The number of phenolic OH excluding ortho intramolecular Hbond substituents is 1. The molecule has 0 spiro atoms. The molecule has 3 unspecified atom stereocenters. The summed E-state index contributed by atoms with van der Waals surface area (Å²) in [6.07, 6.45) is 4.10. The van der Waals surface area contributed by atoms with Gasteiger partial charge in [-0.2, -0.15) is 0 Å². The van der Waals surface area contributed by atoms with Gasteiger partial charge in [-0.25, -0.2) is 0 Å². The van der Waals surface area contributed by atoms with Gasteiger partial charge < -0.3 is 20.5 Å². The molecule has 0 radical (unpaired) electrons. The maximum atomic E-state index is 12.1. The van der Waals surface area contributed by atoms with Gasteiger partial charge in [-0.15, -0.1) is 0 Å². The number of guanidine groups is 1. The van der Waals surface area contributed by atoms with Gasteiger partial charge in [-0.1, -0.05) is 13.3 Å². The van der Waals surface area contributed by atoms with Gasteiger partial charge in [0.2, 0.25) is 0 Å². The molecule has 1 aliphatic carbocycles. The summed E-state index contributed by atoms with van der Waals surface area (Å²) in [5.74, 6) is 2.34. The van der Waals surface area contributed by atoms with Gasteiger partial charge in [0.15, 0.2) is 5.96 Å². The highest BCUT2D eigenvalue weighted by molar-refractivity contribution is 7.85. The van der Waals surface area contributed by atoms with E-state index in [1.165, 1.54) is 0 Å². The third-order valence-corrected chi connectivity index (χ3v) is 6.32. The molecule has 0 saturated heterocycles. The van der Waals surface area contributed by atoms with Gasteiger partial charge in [0.05, 0.1) is 7.11 Å². The van der Waals surface area contributed by atoms with Crippen LogP contribution in [0.3, 0.4) is 0 Å². The van der Waals surface area contributed by atoms with Crippen molar-refractivity contribution in [2.24, 2.45) is 4.99 Å². The minimum Gasteiger partial charge on any atom is -0.508 e. The largest absolute Gasteiger partial charge is 0.508 e. The number of benzene rings is 1. The first-order valence-corrected chi connectivity index (χ1v) is 10.2. The summed E-state index contributed by atoms with van der Waals surface area (Å²) in [6.45, 7) is 2.42. The summed E-state index contributed by atoms with van der Waals surface area (Å²) in [5.41, 5.74) is 0.746. The summed E-state index contributed by atoms with van der Waals surface area (Å²) in [6, 6.07) is 5.43. The Balaban J connectivity index is 1.91. The topological polar surface area (TPSA) is 83.0 Å². The number of nitrogens with zero attached hydrogens (tertiary/aromatic N) is 1. The Kier molecular flexibility index (Phi) is 7.55. The van der Waals surface area contributed by atoms with E-state index in [1.54, 1.807) is 32.4 Å². The molecule has 0 amide bonds. The summed E-state index contributed by atoms with van der Waals surface area (Å²) in [7, 11) is 2.59. The molecule has 1 aliphatic rings. The first kappa shape index (κ1) is 19.6. The number of nitrogens with one attached hydrogen (secondary N) is 2. The number of aromatic hydroxyl groups is 1. The van der Waals surface area contributed by atoms with Crippen molar-refractivity contribution in [3.63, 3.8) is 0 Å². The number of hydrogen-bond acceptors (Lipinski definition) is 4. The maximum Gasteiger partial charge on any atom is 0.191 e. The second-order valence-electron chi connectivity index (χ2n) is 6.22. The van der Waals surface area contributed by atoms with E-state index in [9.17, 15) is 9.32 Å². The monoisotopic (exact) mass is 367 g/mol. The lowest BCUT2D eigenvalue weighted by molar-refractivity contribution is 0.409. The molecule has 1 saturated carbocycles. The lowest BCUT2D eigenvalue weighted by Crippen LogP contribution is -2.46. The Morgan fingerprint density at radius 2 is 2.24 bits per heavy atom.